The van der Waals surface area contributed by atoms with Gasteiger partial charge in [-0.15, -0.1) is 5.73 Å². The summed E-state index contributed by atoms with van der Waals surface area (Å²) in [5.74, 6) is -1.10. The van der Waals surface area contributed by atoms with Crippen molar-refractivity contribution < 1.29 is 16.8 Å². The van der Waals surface area contributed by atoms with Crippen LogP contribution in [0.3, 0.4) is 0 Å². The lowest BCUT2D eigenvalue weighted by atomic mass is 10.0. The van der Waals surface area contributed by atoms with E-state index in [1.807, 2.05) is 43.3 Å². The number of pyridine rings is 1. The number of nitrogens with one attached hydrogen (secondary N) is 1. The smallest absolute Gasteiger partial charge is 0.254 e. The van der Waals surface area contributed by atoms with Gasteiger partial charge in [-0.05, 0) is 73.5 Å². The van der Waals surface area contributed by atoms with Crippen molar-refractivity contribution in [3.63, 3.8) is 0 Å². The van der Waals surface area contributed by atoms with Crippen molar-refractivity contribution in [2.45, 2.75) is 32.7 Å². The van der Waals surface area contributed by atoms with Crippen molar-refractivity contribution in [3.8, 4) is 0 Å². The molecule has 1 heterocycles. The molecule has 0 radical (unpaired) electrons. The third-order valence-electron chi connectivity index (χ3n) is 5.41. The molecule has 1 aliphatic carbocycles. The summed E-state index contributed by atoms with van der Waals surface area (Å²) in [7, 11) is 1.57. The number of allylic oxidation sites excluding steroid dienone is 1. The van der Waals surface area contributed by atoms with Crippen molar-refractivity contribution in [2.24, 2.45) is 0 Å². The van der Waals surface area contributed by atoms with E-state index in [1.54, 1.807) is 25.5 Å². The van der Waals surface area contributed by atoms with E-state index in [0.29, 0.717) is 17.7 Å². The first-order valence-electron chi connectivity index (χ1n) is 11.0. The Kier molecular flexibility index (Phi) is 8.49. The van der Waals surface area contributed by atoms with Crippen molar-refractivity contribution in [2.75, 3.05) is 12.4 Å². The fourth-order valence-corrected chi connectivity index (χ4v) is 3.25. The number of aryl methyl sites for hydroxylation is 1. The highest BCUT2D eigenvalue weighted by atomic mass is 19.1. The lowest BCUT2D eigenvalue weighted by molar-refractivity contribution is -0.120. The van der Waals surface area contributed by atoms with Crippen LogP contribution >= 0.6 is 0 Å². The van der Waals surface area contributed by atoms with E-state index in [9.17, 15) is 14.0 Å². The van der Waals surface area contributed by atoms with Gasteiger partial charge in [0.2, 0.25) is 5.91 Å². The fraction of sp³-hybridized carbons (Fsp3) is 0.214. The molecule has 2 aromatic carbocycles. The predicted molar refractivity (Wildman–Crippen MR) is 136 cm³/mol. The molecule has 0 spiro atoms. The number of likely N-dealkylation sites (N-methyl/N-ethyl adjacent to an activating group) is 1. The maximum absolute atomic E-state index is 13.2. The molecule has 0 bridgehead atoms. The number of aromatic nitrogens is 1. The highest BCUT2D eigenvalue weighted by molar-refractivity contribution is 6.01. The van der Waals surface area contributed by atoms with Gasteiger partial charge in [-0.2, -0.15) is 0 Å². The first-order valence-corrected chi connectivity index (χ1v) is 11.0. The van der Waals surface area contributed by atoms with Gasteiger partial charge in [0.1, 0.15) is 11.9 Å². The molecule has 34 heavy (non-hydrogen) atoms. The number of benzene rings is 2. The van der Waals surface area contributed by atoms with Crippen LogP contribution in [-0.4, -0.2) is 34.8 Å². The number of hydrogen-bond donors (Lipinski definition) is 1. The molecule has 1 aliphatic rings. The number of nitrogens with zero attached hydrogens (tertiary/aromatic N) is 2. The van der Waals surface area contributed by atoms with Crippen LogP contribution in [0.4, 0.5) is 10.1 Å². The first-order chi connectivity index (χ1) is 16.3. The summed E-state index contributed by atoms with van der Waals surface area (Å²) < 4.78 is 13.2. The molecule has 1 N–H and O–H groups in total. The highest BCUT2D eigenvalue weighted by Crippen LogP contribution is 2.16. The van der Waals surface area contributed by atoms with Gasteiger partial charge in [0.15, 0.2) is 0 Å². The minimum absolute atomic E-state index is 0. The van der Waals surface area contributed by atoms with Crippen molar-refractivity contribution in [3.05, 3.63) is 113 Å². The van der Waals surface area contributed by atoms with Crippen molar-refractivity contribution in [1.82, 2.24) is 9.88 Å². The molecule has 178 valence electrons. The summed E-state index contributed by atoms with van der Waals surface area (Å²) in [6.45, 7) is 4.05. The molecule has 2 amide bonds. The van der Waals surface area contributed by atoms with Gasteiger partial charge >= 0.3 is 0 Å². The first kappa shape index (κ1) is 24.6. The van der Waals surface area contributed by atoms with E-state index < -0.39 is 11.9 Å². The summed E-state index contributed by atoms with van der Waals surface area (Å²) in [4.78, 5) is 31.4. The predicted octanol–water partition coefficient (Wildman–Crippen LogP) is 5.83. The number of amides is 2. The van der Waals surface area contributed by atoms with E-state index in [0.717, 1.165) is 11.1 Å². The zero-order valence-corrected chi connectivity index (χ0v) is 19.6. The van der Waals surface area contributed by atoms with Gasteiger partial charge < -0.3 is 10.2 Å². The number of rotatable bonds is 6. The van der Waals surface area contributed by atoms with Gasteiger partial charge in [-0.25, -0.2) is 4.39 Å². The molecule has 0 fully saturated rings. The summed E-state index contributed by atoms with van der Waals surface area (Å²) in [5, 5.41) is 2.87. The summed E-state index contributed by atoms with van der Waals surface area (Å²) in [6, 6.07) is 15.6. The maximum Gasteiger partial charge on any atom is 0.254 e. The van der Waals surface area contributed by atoms with Crippen molar-refractivity contribution >= 4 is 17.5 Å². The van der Waals surface area contributed by atoms with Gasteiger partial charge in [0.25, 0.3) is 5.91 Å². The average molecular weight is 462 g/mol. The monoisotopic (exact) mass is 461 g/mol. The molecule has 3 aromatic rings. The van der Waals surface area contributed by atoms with Gasteiger partial charge in [-0.3, -0.25) is 14.6 Å². The number of halogens is 1. The normalized spacial score (nSPS) is 12.4. The Labute approximate surface area is 202 Å². The van der Waals surface area contributed by atoms with Crippen LogP contribution in [0.25, 0.3) is 0 Å². The highest BCUT2D eigenvalue weighted by Gasteiger charge is 2.28. The van der Waals surface area contributed by atoms with E-state index >= 15 is 0 Å². The second-order valence-corrected chi connectivity index (χ2v) is 8.19. The largest absolute Gasteiger partial charge is 0.329 e. The second kappa shape index (κ2) is 11.7. The molecule has 4 rings (SSSR count). The number of carbonyl (C=O) groups excluding carboxylic acids is 2. The quantitative estimate of drug-likeness (QED) is 0.470. The number of anilines is 1. The van der Waals surface area contributed by atoms with Crippen molar-refractivity contribution in [1.29, 1.82) is 0 Å². The zero-order valence-electron chi connectivity index (χ0n) is 19.6. The Morgan fingerprint density at radius 1 is 1.12 bits per heavy atom. The number of hydrogen-bond acceptors (Lipinski definition) is 3. The summed E-state index contributed by atoms with van der Waals surface area (Å²) in [5.41, 5.74) is 7.26. The van der Waals surface area contributed by atoms with Crippen LogP contribution in [0, 0.1) is 12.7 Å². The molecule has 0 saturated carbocycles. The van der Waals surface area contributed by atoms with Crippen LogP contribution in [0.5, 0.6) is 0 Å². The molecular formula is C28H32FN3O2. The topological polar surface area (TPSA) is 62.3 Å². The Morgan fingerprint density at radius 2 is 1.76 bits per heavy atom. The van der Waals surface area contributed by atoms with Crippen LogP contribution in [0.15, 0.2) is 90.4 Å². The Bertz CT molecular complexity index is 1190. The van der Waals surface area contributed by atoms with Crippen LogP contribution < -0.4 is 5.32 Å². The Balaban J connectivity index is 0.000000826. The van der Waals surface area contributed by atoms with E-state index in [2.05, 4.69) is 23.0 Å². The Hall–Kier alpha value is -4.02. The molecule has 0 aliphatic heterocycles. The zero-order chi connectivity index (χ0) is 24.5. The molecule has 0 saturated heterocycles. The van der Waals surface area contributed by atoms with E-state index in [4.69, 9.17) is 0 Å². The van der Waals surface area contributed by atoms with E-state index in [1.165, 1.54) is 41.2 Å². The standard InChI is InChI=1S/C23H22FN3O2.C5H6.2H2/c1-16-5-11-20(12-6-16)26-22(28)21(14-17-4-3-13-25-15-17)27(2)23(29)18-7-9-19(24)10-8-18;1-5-3-2-4-5;;/h3-13,15,21H,14H2,1-2H3,(H,26,28);2H,3H2,1H3;2*1H/t21-;;;/m0.../s1. The molecule has 0 unspecified atom stereocenters. The summed E-state index contributed by atoms with van der Waals surface area (Å²) in [6.07, 6.45) is 6.82. The SMILES string of the molecule is CC1=C=CC1.Cc1ccc(NC(=O)[C@H](Cc2cccnc2)N(C)C(=O)c2ccc(F)cc2)cc1.[HH].[HH]. The lowest BCUT2D eigenvalue weighted by Gasteiger charge is -2.27. The summed E-state index contributed by atoms with van der Waals surface area (Å²) >= 11 is 0. The van der Waals surface area contributed by atoms with Gasteiger partial charge in [0.05, 0.1) is 0 Å². The molecule has 6 heteroatoms. The van der Waals surface area contributed by atoms with Crippen LogP contribution in [-0.2, 0) is 11.2 Å². The Morgan fingerprint density at radius 3 is 2.29 bits per heavy atom. The van der Waals surface area contributed by atoms with Gasteiger partial charge in [0, 0.05) is 46.4 Å². The lowest BCUT2D eigenvalue weighted by Crippen LogP contribution is -2.46. The van der Waals surface area contributed by atoms with Crippen LogP contribution in [0.2, 0.25) is 0 Å². The van der Waals surface area contributed by atoms with E-state index in [-0.39, 0.29) is 14.7 Å². The minimum Gasteiger partial charge on any atom is -0.329 e. The molecular weight excluding hydrogens is 429 g/mol. The van der Waals surface area contributed by atoms with Gasteiger partial charge in [-0.1, -0.05) is 23.8 Å². The average Bonchev–Trinajstić information content (AvgIpc) is 2.83. The second-order valence-electron chi connectivity index (χ2n) is 8.19. The van der Waals surface area contributed by atoms with Crippen LogP contribution in [0.1, 0.15) is 37.7 Å². The molecule has 1 aromatic heterocycles. The minimum atomic E-state index is -0.766. The molecule has 5 nitrogen and oxygen atoms in total. The fourth-order valence-electron chi connectivity index (χ4n) is 3.25. The number of carbonyl (C=O) groups is 2. The third kappa shape index (κ3) is 6.99. The molecule has 1 atom stereocenters. The maximum atomic E-state index is 13.2. The third-order valence-corrected chi connectivity index (χ3v) is 5.41.